The summed E-state index contributed by atoms with van der Waals surface area (Å²) >= 11 is 0. The number of unbranched alkanes of at least 4 members (excludes halogenated alkanes) is 4. The maximum absolute atomic E-state index is 10.9. The molecule has 0 spiro atoms. The molecule has 28 heavy (non-hydrogen) atoms. The lowest BCUT2D eigenvalue weighted by Crippen LogP contribution is -2.06. The number of nitrogens with two attached hydrogens (primary N) is 2. The van der Waals surface area contributed by atoms with Crippen molar-refractivity contribution >= 4 is 23.8 Å². The smallest absolute Gasteiger partial charge is 0.330 e. The molecule has 0 amide bonds. The van der Waals surface area contributed by atoms with E-state index in [1.54, 1.807) is 12.1 Å². The molecule has 0 aliphatic rings. The summed E-state index contributed by atoms with van der Waals surface area (Å²) in [4.78, 5) is 20.9. The monoisotopic (exact) mass is 394 g/mol. The highest BCUT2D eigenvalue weighted by Gasteiger charge is 2.08. The van der Waals surface area contributed by atoms with Gasteiger partial charge >= 0.3 is 5.97 Å². The average molecular weight is 394 g/mol. The molecule has 0 radical (unpaired) electrons. The van der Waals surface area contributed by atoms with Gasteiger partial charge < -0.3 is 30.4 Å². The molecule has 1 rings (SSSR count). The molecule has 0 aromatic heterocycles. The van der Waals surface area contributed by atoms with Crippen LogP contribution in [0, 0.1) is 0 Å². The quantitative estimate of drug-likeness (QED) is 0.144. The van der Waals surface area contributed by atoms with Gasteiger partial charge in [-0.1, -0.05) is 6.58 Å². The van der Waals surface area contributed by atoms with Crippen molar-refractivity contribution in [2.24, 2.45) is 0 Å². The summed E-state index contributed by atoms with van der Waals surface area (Å²) in [5.41, 5.74) is 12.9. The van der Waals surface area contributed by atoms with Crippen LogP contribution in [0.4, 0.5) is 11.4 Å². The van der Waals surface area contributed by atoms with Crippen molar-refractivity contribution in [2.75, 3.05) is 37.9 Å². The van der Waals surface area contributed by atoms with Crippen LogP contribution >= 0.6 is 0 Å². The lowest BCUT2D eigenvalue weighted by atomic mass is 10.2. The van der Waals surface area contributed by atoms with Gasteiger partial charge in [-0.25, -0.2) is 4.79 Å². The highest BCUT2D eigenvalue weighted by atomic mass is 16.5. The molecule has 0 heterocycles. The van der Waals surface area contributed by atoms with E-state index in [1.165, 1.54) is 0 Å². The van der Waals surface area contributed by atoms with Crippen LogP contribution < -0.4 is 20.9 Å². The molecule has 0 fully saturated rings. The van der Waals surface area contributed by atoms with Crippen molar-refractivity contribution in [3.8, 4) is 11.5 Å². The molecule has 0 aliphatic carbocycles. The Hall–Kier alpha value is -2.90. The first-order valence-electron chi connectivity index (χ1n) is 9.37. The van der Waals surface area contributed by atoms with Crippen LogP contribution in [-0.2, 0) is 19.1 Å². The molecule has 8 nitrogen and oxygen atoms in total. The third-order valence-electron chi connectivity index (χ3n) is 3.83. The van der Waals surface area contributed by atoms with Gasteiger partial charge in [0.25, 0.3) is 6.47 Å². The van der Waals surface area contributed by atoms with Gasteiger partial charge in [0.15, 0.2) is 0 Å². The molecule has 0 saturated heterocycles. The zero-order chi connectivity index (χ0) is 20.6. The molecule has 0 aliphatic heterocycles. The third-order valence-corrected chi connectivity index (χ3v) is 3.83. The van der Waals surface area contributed by atoms with Gasteiger partial charge in [-0.2, -0.15) is 0 Å². The fourth-order valence-corrected chi connectivity index (χ4v) is 2.33. The Bertz CT molecular complexity index is 621. The third kappa shape index (κ3) is 9.70. The summed E-state index contributed by atoms with van der Waals surface area (Å²) < 4.78 is 20.9. The second-order valence-electron chi connectivity index (χ2n) is 6.08. The zero-order valence-electron chi connectivity index (χ0n) is 16.2. The van der Waals surface area contributed by atoms with Crippen LogP contribution in [0.15, 0.2) is 24.8 Å². The van der Waals surface area contributed by atoms with E-state index in [0.717, 1.165) is 44.6 Å². The van der Waals surface area contributed by atoms with E-state index < -0.39 is 5.97 Å². The molecular formula is C20H30N2O6. The Balaban J connectivity index is 2.25. The summed E-state index contributed by atoms with van der Waals surface area (Å²) in [7, 11) is 0. The van der Waals surface area contributed by atoms with Crippen molar-refractivity contribution in [2.45, 2.75) is 38.5 Å². The highest BCUT2D eigenvalue weighted by molar-refractivity contribution is 5.81. The fourth-order valence-electron chi connectivity index (χ4n) is 2.33. The molecule has 156 valence electrons. The minimum atomic E-state index is -0.409. The van der Waals surface area contributed by atoms with Gasteiger partial charge in [-0.3, -0.25) is 4.79 Å². The van der Waals surface area contributed by atoms with Gasteiger partial charge in [0.1, 0.15) is 11.5 Å². The van der Waals surface area contributed by atoms with Gasteiger partial charge in [0.05, 0.1) is 37.8 Å². The first kappa shape index (κ1) is 23.1. The lowest BCUT2D eigenvalue weighted by molar-refractivity contribution is -0.137. The Kier molecular flexibility index (Phi) is 11.7. The van der Waals surface area contributed by atoms with Gasteiger partial charge in [-0.05, 0) is 38.5 Å². The van der Waals surface area contributed by atoms with Crippen LogP contribution in [0.5, 0.6) is 11.5 Å². The van der Waals surface area contributed by atoms with Crippen LogP contribution in [-0.4, -0.2) is 38.9 Å². The topological polar surface area (TPSA) is 123 Å². The molecule has 1 aromatic carbocycles. The van der Waals surface area contributed by atoms with Crippen LogP contribution in [0.2, 0.25) is 0 Å². The van der Waals surface area contributed by atoms with Gasteiger partial charge in [-0.15, -0.1) is 0 Å². The van der Waals surface area contributed by atoms with E-state index in [2.05, 4.69) is 11.3 Å². The number of nitrogen functional groups attached to an aromatic ring is 2. The van der Waals surface area contributed by atoms with E-state index in [1.807, 2.05) is 0 Å². The Morgan fingerprint density at radius 3 is 1.86 bits per heavy atom. The molecule has 0 saturated carbocycles. The Morgan fingerprint density at radius 1 is 0.857 bits per heavy atom. The summed E-state index contributed by atoms with van der Waals surface area (Å²) in [5.74, 6) is 0.640. The summed E-state index contributed by atoms with van der Waals surface area (Å²) in [6, 6.07) is 3.32. The molecule has 4 N–H and O–H groups in total. The molecule has 0 atom stereocenters. The number of carbonyl (C=O) groups excluding carboxylic acids is 2. The SMILES string of the molecule is C=CC(=O)OCCCCCOc1cc(N)c(OCCCCCOC=O)cc1N. The first-order valence-corrected chi connectivity index (χ1v) is 9.37. The van der Waals surface area contributed by atoms with E-state index >= 15 is 0 Å². The second-order valence-corrected chi connectivity index (χ2v) is 6.08. The number of benzene rings is 1. The van der Waals surface area contributed by atoms with E-state index in [-0.39, 0.29) is 0 Å². The normalized spacial score (nSPS) is 10.1. The maximum atomic E-state index is 10.9. The number of ether oxygens (including phenoxy) is 4. The second kappa shape index (κ2) is 14.2. The van der Waals surface area contributed by atoms with Gasteiger partial charge in [0, 0.05) is 18.2 Å². The lowest BCUT2D eigenvalue weighted by Gasteiger charge is -2.14. The number of anilines is 2. The average Bonchev–Trinajstić information content (AvgIpc) is 2.69. The molecule has 0 bridgehead atoms. The predicted molar refractivity (Wildman–Crippen MR) is 107 cm³/mol. The summed E-state index contributed by atoms with van der Waals surface area (Å²) in [6.07, 6.45) is 6.07. The maximum Gasteiger partial charge on any atom is 0.330 e. The van der Waals surface area contributed by atoms with Crippen LogP contribution in [0.3, 0.4) is 0 Å². The molecular weight excluding hydrogens is 364 g/mol. The largest absolute Gasteiger partial charge is 0.491 e. The number of esters is 1. The van der Waals surface area contributed by atoms with Crippen LogP contribution in [0.1, 0.15) is 38.5 Å². The van der Waals surface area contributed by atoms with Crippen molar-refractivity contribution < 1.29 is 28.5 Å². The number of carbonyl (C=O) groups is 2. The zero-order valence-corrected chi connectivity index (χ0v) is 16.2. The van der Waals surface area contributed by atoms with Crippen molar-refractivity contribution in [3.63, 3.8) is 0 Å². The number of hydrogen-bond acceptors (Lipinski definition) is 8. The molecule has 1 aromatic rings. The Labute approximate surface area is 165 Å². The highest BCUT2D eigenvalue weighted by Crippen LogP contribution is 2.33. The number of hydrogen-bond donors (Lipinski definition) is 2. The van der Waals surface area contributed by atoms with Gasteiger partial charge in [0.2, 0.25) is 0 Å². The summed E-state index contributed by atoms with van der Waals surface area (Å²) in [6.45, 7) is 5.57. The summed E-state index contributed by atoms with van der Waals surface area (Å²) in [5, 5.41) is 0. The van der Waals surface area contributed by atoms with E-state index in [0.29, 0.717) is 55.8 Å². The van der Waals surface area contributed by atoms with Crippen molar-refractivity contribution in [1.29, 1.82) is 0 Å². The van der Waals surface area contributed by atoms with Crippen molar-refractivity contribution in [1.82, 2.24) is 0 Å². The van der Waals surface area contributed by atoms with Crippen molar-refractivity contribution in [3.05, 3.63) is 24.8 Å². The number of rotatable bonds is 16. The van der Waals surface area contributed by atoms with E-state index in [4.69, 9.17) is 25.7 Å². The minimum Gasteiger partial charge on any atom is -0.491 e. The minimum absolute atomic E-state index is 0.371. The Morgan fingerprint density at radius 2 is 1.36 bits per heavy atom. The van der Waals surface area contributed by atoms with Crippen LogP contribution in [0.25, 0.3) is 0 Å². The van der Waals surface area contributed by atoms with E-state index in [9.17, 15) is 9.59 Å². The predicted octanol–water partition coefficient (Wildman–Crippen LogP) is 2.85. The molecule has 8 heteroatoms. The molecule has 0 unspecified atom stereocenters. The fraction of sp³-hybridized carbons (Fsp3) is 0.500. The first-order chi connectivity index (χ1) is 13.6. The standard InChI is InChI=1S/C20H30N2O6/c1-2-20(24)28-12-8-4-7-11-27-19-14-16(21)18(13-17(19)22)26-10-6-3-5-9-25-15-23/h2,13-15H,1,3-12,21-22H2.